The van der Waals surface area contributed by atoms with Crippen LogP contribution in [0.3, 0.4) is 0 Å². The second kappa shape index (κ2) is 10.8. The number of carbonyl (C=O) groups is 3. The number of nitrogens with zero attached hydrogens (tertiary/aromatic N) is 4. The van der Waals surface area contributed by atoms with Crippen LogP contribution in [0.1, 0.15) is 40.2 Å². The average Bonchev–Trinajstić information content (AvgIpc) is 3.00. The van der Waals surface area contributed by atoms with Crippen LogP contribution in [0.25, 0.3) is 0 Å². The molecule has 0 bridgehead atoms. The summed E-state index contributed by atoms with van der Waals surface area (Å²) in [6, 6.07) is 5.41. The van der Waals surface area contributed by atoms with Crippen LogP contribution in [0.2, 0.25) is 0 Å². The number of hydrogen-bond donors (Lipinski definition) is 1. The Bertz CT molecular complexity index is 1150. The van der Waals surface area contributed by atoms with Crippen molar-refractivity contribution in [2.24, 2.45) is 0 Å². The predicted molar refractivity (Wildman–Crippen MR) is 131 cm³/mol. The molecule has 1 saturated heterocycles. The van der Waals surface area contributed by atoms with E-state index in [4.69, 9.17) is 0 Å². The quantitative estimate of drug-likeness (QED) is 0.492. The topological polar surface area (TPSA) is 95.1 Å². The predicted octanol–water partition coefficient (Wildman–Crippen LogP) is 4.40. The molecule has 4 amide bonds. The number of alkyl halides is 3. The van der Waals surface area contributed by atoms with Crippen molar-refractivity contribution in [3.05, 3.63) is 48.3 Å². The fourth-order valence-electron chi connectivity index (χ4n) is 4.14. The third-order valence-electron chi connectivity index (χ3n) is 6.36. The van der Waals surface area contributed by atoms with Crippen molar-refractivity contribution in [1.29, 1.82) is 0 Å². The third kappa shape index (κ3) is 6.01. The Kier molecular flexibility index (Phi) is 8.11. The molecule has 3 rings (SSSR count). The van der Waals surface area contributed by atoms with Crippen molar-refractivity contribution < 1.29 is 32.3 Å². The zero-order valence-corrected chi connectivity index (χ0v) is 21.3. The number of carbonyl (C=O) groups excluding carboxylic acids is 3. The molecule has 2 heterocycles. The maximum Gasteiger partial charge on any atom is 0.573 e. The third-order valence-corrected chi connectivity index (χ3v) is 6.36. The molecule has 1 aliphatic rings. The molecule has 1 N–H and O–H groups in total. The van der Waals surface area contributed by atoms with Crippen LogP contribution in [0.5, 0.6) is 5.75 Å². The van der Waals surface area contributed by atoms with Crippen molar-refractivity contribution >= 4 is 29.2 Å². The lowest BCUT2D eigenvalue weighted by molar-refractivity contribution is -0.274. The number of ether oxygens (including phenoxy) is 1. The van der Waals surface area contributed by atoms with Crippen LogP contribution in [0.15, 0.2) is 42.7 Å². The molecular weight excluding hydrogens is 491 g/mol. The molecular formula is C25H30F3N5O4. The molecule has 37 heavy (non-hydrogen) atoms. The zero-order valence-electron chi connectivity index (χ0n) is 21.3. The first-order valence-electron chi connectivity index (χ1n) is 11.8. The van der Waals surface area contributed by atoms with Gasteiger partial charge in [-0.05, 0) is 69.8 Å². The molecule has 0 radical (unpaired) electrons. The lowest BCUT2D eigenvalue weighted by atomic mass is 10.0. The highest BCUT2D eigenvalue weighted by atomic mass is 19.4. The van der Waals surface area contributed by atoms with Gasteiger partial charge in [0.15, 0.2) is 5.75 Å². The number of urea groups is 1. The highest BCUT2D eigenvalue weighted by Gasteiger charge is 2.52. The Hall–Kier alpha value is -3.67. The standard InChI is InChI=1S/C25H30F3N5O4/c1-6-31(7-2)16(3)21(34)30-19-14-18(8-9-20(19)37-25(26,27)28)33-22(35)24(4,5)32(23(33)36)15-17-10-12-29-13-11-17/h8-14,16H,6-7,15H2,1-5H3,(H,30,34). The van der Waals surface area contributed by atoms with E-state index in [2.05, 4.69) is 15.0 Å². The molecule has 200 valence electrons. The lowest BCUT2D eigenvalue weighted by Crippen LogP contribution is -2.43. The minimum absolute atomic E-state index is 0.000574. The Labute approximate surface area is 213 Å². The van der Waals surface area contributed by atoms with Gasteiger partial charge in [-0.3, -0.25) is 19.5 Å². The molecule has 1 fully saturated rings. The number of imide groups is 1. The maximum absolute atomic E-state index is 13.4. The molecule has 12 heteroatoms. The Morgan fingerprint density at radius 2 is 1.76 bits per heavy atom. The average molecular weight is 522 g/mol. The van der Waals surface area contributed by atoms with Gasteiger partial charge in [-0.2, -0.15) is 0 Å². The number of nitrogens with one attached hydrogen (secondary N) is 1. The summed E-state index contributed by atoms with van der Waals surface area (Å²) in [7, 11) is 0. The molecule has 2 aromatic rings. The van der Waals surface area contributed by atoms with Gasteiger partial charge in [0, 0.05) is 18.9 Å². The number of amides is 4. The summed E-state index contributed by atoms with van der Waals surface area (Å²) in [6.07, 6.45) is -1.89. The SMILES string of the molecule is CCN(CC)C(C)C(=O)Nc1cc(N2C(=O)N(Cc3ccncc3)C(C)(C)C2=O)ccc1OC(F)(F)F. The fraction of sp³-hybridized carbons (Fsp3) is 0.440. The van der Waals surface area contributed by atoms with E-state index in [1.54, 1.807) is 45.3 Å². The summed E-state index contributed by atoms with van der Waals surface area (Å²) in [6.45, 7) is 9.74. The summed E-state index contributed by atoms with van der Waals surface area (Å²) >= 11 is 0. The number of benzene rings is 1. The summed E-state index contributed by atoms with van der Waals surface area (Å²) in [5.41, 5.74) is -0.800. The van der Waals surface area contributed by atoms with E-state index in [0.717, 1.165) is 22.6 Å². The second-order valence-corrected chi connectivity index (χ2v) is 9.04. The molecule has 1 aromatic carbocycles. The largest absolute Gasteiger partial charge is 0.573 e. The van der Waals surface area contributed by atoms with Crippen LogP contribution in [0, 0.1) is 0 Å². The fourth-order valence-corrected chi connectivity index (χ4v) is 4.14. The van der Waals surface area contributed by atoms with Crippen molar-refractivity contribution in [1.82, 2.24) is 14.8 Å². The minimum Gasteiger partial charge on any atom is -0.404 e. The van der Waals surface area contributed by atoms with Gasteiger partial charge in [-0.15, -0.1) is 13.2 Å². The normalized spacial score (nSPS) is 16.4. The lowest BCUT2D eigenvalue weighted by Gasteiger charge is -2.27. The van der Waals surface area contributed by atoms with E-state index in [0.29, 0.717) is 13.1 Å². The highest BCUT2D eigenvalue weighted by Crippen LogP contribution is 2.38. The molecule has 0 aliphatic carbocycles. The highest BCUT2D eigenvalue weighted by molar-refractivity contribution is 6.23. The van der Waals surface area contributed by atoms with Crippen LogP contribution >= 0.6 is 0 Å². The van der Waals surface area contributed by atoms with E-state index >= 15 is 0 Å². The van der Waals surface area contributed by atoms with Gasteiger partial charge in [-0.1, -0.05) is 13.8 Å². The van der Waals surface area contributed by atoms with Crippen LogP contribution in [-0.2, 0) is 16.1 Å². The van der Waals surface area contributed by atoms with Gasteiger partial charge in [0.05, 0.1) is 17.4 Å². The van der Waals surface area contributed by atoms with Gasteiger partial charge in [0.25, 0.3) is 5.91 Å². The van der Waals surface area contributed by atoms with Crippen LogP contribution in [-0.4, -0.2) is 63.7 Å². The summed E-state index contributed by atoms with van der Waals surface area (Å²) in [4.78, 5) is 47.6. The number of halogens is 3. The number of aromatic nitrogens is 1. The molecule has 0 spiro atoms. The first-order chi connectivity index (χ1) is 17.3. The minimum atomic E-state index is -5.02. The monoisotopic (exact) mass is 521 g/mol. The molecule has 1 aliphatic heterocycles. The zero-order chi connectivity index (χ0) is 27.5. The smallest absolute Gasteiger partial charge is 0.404 e. The number of anilines is 2. The van der Waals surface area contributed by atoms with Gasteiger partial charge < -0.3 is 15.0 Å². The van der Waals surface area contributed by atoms with E-state index < -0.39 is 41.5 Å². The van der Waals surface area contributed by atoms with Gasteiger partial charge in [0.2, 0.25) is 5.91 Å². The van der Waals surface area contributed by atoms with Crippen molar-refractivity contribution in [3.63, 3.8) is 0 Å². The Morgan fingerprint density at radius 3 is 2.32 bits per heavy atom. The Morgan fingerprint density at radius 1 is 1.14 bits per heavy atom. The molecule has 1 unspecified atom stereocenters. The summed E-state index contributed by atoms with van der Waals surface area (Å²) < 4.78 is 43.3. The summed E-state index contributed by atoms with van der Waals surface area (Å²) in [5, 5.41) is 2.47. The number of pyridine rings is 1. The number of hydrogen-bond acceptors (Lipinski definition) is 6. The molecule has 9 nitrogen and oxygen atoms in total. The van der Waals surface area contributed by atoms with Crippen LogP contribution in [0.4, 0.5) is 29.3 Å². The van der Waals surface area contributed by atoms with E-state index in [9.17, 15) is 27.6 Å². The van der Waals surface area contributed by atoms with Crippen molar-refractivity contribution in [2.45, 2.75) is 59.1 Å². The second-order valence-electron chi connectivity index (χ2n) is 9.04. The molecule has 0 saturated carbocycles. The maximum atomic E-state index is 13.4. The van der Waals surface area contributed by atoms with Crippen molar-refractivity contribution in [2.75, 3.05) is 23.3 Å². The van der Waals surface area contributed by atoms with Crippen molar-refractivity contribution in [3.8, 4) is 5.75 Å². The first-order valence-corrected chi connectivity index (χ1v) is 11.8. The molecule has 1 atom stereocenters. The van der Waals surface area contributed by atoms with E-state index in [-0.39, 0.29) is 17.9 Å². The van der Waals surface area contributed by atoms with E-state index in [1.807, 2.05) is 18.7 Å². The number of rotatable bonds is 9. The van der Waals surface area contributed by atoms with E-state index in [1.165, 1.54) is 11.0 Å². The van der Waals surface area contributed by atoms with Gasteiger partial charge >= 0.3 is 12.4 Å². The summed E-state index contributed by atoms with van der Waals surface area (Å²) in [5.74, 6) is -1.79. The van der Waals surface area contributed by atoms with Gasteiger partial charge in [-0.25, -0.2) is 9.69 Å². The first kappa shape index (κ1) is 27.9. The Balaban J connectivity index is 1.98. The van der Waals surface area contributed by atoms with Gasteiger partial charge in [0.1, 0.15) is 5.54 Å². The molecule has 1 aromatic heterocycles. The van der Waals surface area contributed by atoms with Crippen LogP contribution < -0.4 is 15.0 Å². The number of likely N-dealkylation sites (N-methyl/N-ethyl adjacent to an activating group) is 1.